The minimum absolute atomic E-state index is 0.196. The molecule has 8 heteroatoms. The monoisotopic (exact) mass is 507 g/mol. The maximum atomic E-state index is 12.9. The molecule has 0 aliphatic heterocycles. The van der Waals surface area contributed by atoms with Crippen LogP contribution in [0.1, 0.15) is 73.4 Å². The first kappa shape index (κ1) is 26.9. The molecule has 0 saturated heterocycles. The van der Waals surface area contributed by atoms with Crippen LogP contribution in [0.2, 0.25) is 5.02 Å². The number of amides is 1. The van der Waals surface area contributed by atoms with E-state index in [1.807, 2.05) is 41.5 Å². The maximum absolute atomic E-state index is 12.9. The Morgan fingerprint density at radius 1 is 0.889 bits per heavy atom. The van der Waals surface area contributed by atoms with Crippen molar-refractivity contribution in [2.45, 2.75) is 52.4 Å². The van der Waals surface area contributed by atoms with Gasteiger partial charge in [-0.3, -0.25) is 4.79 Å². The van der Waals surface area contributed by atoms with Crippen LogP contribution in [0, 0.1) is 0 Å². The SMILES string of the molecule is CC(C)(C)c1cc(C(=O)N=Nc2ccc(NOC(=O)c3ccccc3Cl)cc2)cc(C(C)(C)C)c1O. The van der Waals surface area contributed by atoms with Gasteiger partial charge in [0.2, 0.25) is 0 Å². The van der Waals surface area contributed by atoms with Gasteiger partial charge in [-0.05, 0) is 59.4 Å². The van der Waals surface area contributed by atoms with Crippen LogP contribution in [-0.4, -0.2) is 17.0 Å². The molecule has 0 atom stereocenters. The molecular weight excluding hydrogens is 478 g/mol. The normalized spacial score (nSPS) is 12.0. The van der Waals surface area contributed by atoms with Gasteiger partial charge in [-0.15, -0.1) is 10.2 Å². The largest absolute Gasteiger partial charge is 0.507 e. The Labute approximate surface area is 216 Å². The Hall–Kier alpha value is -3.71. The summed E-state index contributed by atoms with van der Waals surface area (Å²) >= 11 is 6.00. The highest BCUT2D eigenvalue weighted by Gasteiger charge is 2.27. The summed E-state index contributed by atoms with van der Waals surface area (Å²) in [6, 6.07) is 16.4. The number of carbonyl (C=O) groups is 2. The predicted molar refractivity (Wildman–Crippen MR) is 141 cm³/mol. The summed E-state index contributed by atoms with van der Waals surface area (Å²) in [5.41, 5.74) is 4.73. The van der Waals surface area contributed by atoms with Gasteiger partial charge in [0, 0.05) is 16.7 Å². The third kappa shape index (κ3) is 6.49. The van der Waals surface area contributed by atoms with Crippen LogP contribution in [-0.2, 0) is 15.7 Å². The molecule has 1 amide bonds. The molecule has 3 rings (SSSR count). The first-order valence-electron chi connectivity index (χ1n) is 11.4. The molecule has 0 aromatic heterocycles. The standard InChI is InChI=1S/C28H30ClN3O4/c1-27(2,3)21-15-17(16-22(24(21)33)28(4,5)6)25(34)31-30-18-11-13-19(14-12-18)32-36-26(35)20-9-7-8-10-23(20)29/h7-16,32-33H,1-6H3. The van der Waals surface area contributed by atoms with Crippen molar-refractivity contribution in [3.05, 3.63) is 87.9 Å². The van der Waals surface area contributed by atoms with E-state index in [0.717, 1.165) is 0 Å². The summed E-state index contributed by atoms with van der Waals surface area (Å²) in [5, 5.41) is 19.1. The summed E-state index contributed by atoms with van der Waals surface area (Å²) in [5.74, 6) is -0.934. The topological polar surface area (TPSA) is 100 Å². The lowest BCUT2D eigenvalue weighted by Crippen LogP contribution is -2.18. The summed E-state index contributed by atoms with van der Waals surface area (Å²) in [7, 11) is 0. The van der Waals surface area contributed by atoms with Crippen LogP contribution >= 0.6 is 11.6 Å². The van der Waals surface area contributed by atoms with Crippen molar-refractivity contribution in [3.8, 4) is 5.75 Å². The molecule has 0 radical (unpaired) electrons. The van der Waals surface area contributed by atoms with Crippen molar-refractivity contribution in [3.63, 3.8) is 0 Å². The van der Waals surface area contributed by atoms with Gasteiger partial charge < -0.3 is 9.94 Å². The summed E-state index contributed by atoms with van der Waals surface area (Å²) in [6.07, 6.45) is 0. The van der Waals surface area contributed by atoms with Crippen LogP contribution in [0.5, 0.6) is 5.75 Å². The van der Waals surface area contributed by atoms with Crippen LogP contribution in [0.4, 0.5) is 11.4 Å². The molecule has 0 fully saturated rings. The fourth-order valence-corrected chi connectivity index (χ4v) is 3.66. The van der Waals surface area contributed by atoms with E-state index >= 15 is 0 Å². The number of phenols is 1. The summed E-state index contributed by atoms with van der Waals surface area (Å²) in [6.45, 7) is 11.9. The fourth-order valence-electron chi connectivity index (χ4n) is 3.45. The molecule has 0 saturated carbocycles. The fraction of sp³-hybridized carbons (Fsp3) is 0.286. The number of nitrogens with zero attached hydrogens (tertiary/aromatic N) is 2. The molecule has 188 valence electrons. The van der Waals surface area contributed by atoms with Gasteiger partial charge >= 0.3 is 5.97 Å². The van der Waals surface area contributed by atoms with Gasteiger partial charge in [-0.1, -0.05) is 65.3 Å². The predicted octanol–water partition coefficient (Wildman–Crippen LogP) is 7.75. The van der Waals surface area contributed by atoms with E-state index in [9.17, 15) is 14.7 Å². The van der Waals surface area contributed by atoms with E-state index in [2.05, 4.69) is 15.7 Å². The lowest BCUT2D eigenvalue weighted by molar-refractivity contribution is 0.0596. The number of carbonyl (C=O) groups excluding carboxylic acids is 2. The summed E-state index contributed by atoms with van der Waals surface area (Å²) in [4.78, 5) is 30.1. The van der Waals surface area contributed by atoms with Gasteiger partial charge in [-0.2, -0.15) is 0 Å². The molecule has 0 aliphatic rings. The smallest absolute Gasteiger partial charge is 0.364 e. The number of hydrogen-bond donors (Lipinski definition) is 2. The lowest BCUT2D eigenvalue weighted by Gasteiger charge is -2.27. The molecule has 0 unspecified atom stereocenters. The molecule has 0 spiro atoms. The van der Waals surface area contributed by atoms with Gasteiger partial charge in [0.15, 0.2) is 0 Å². The first-order chi connectivity index (χ1) is 16.8. The Bertz CT molecular complexity index is 1270. The van der Waals surface area contributed by atoms with Gasteiger partial charge in [0.1, 0.15) is 5.75 Å². The van der Waals surface area contributed by atoms with E-state index in [1.165, 1.54) is 0 Å². The number of halogens is 1. The number of azo groups is 1. The number of hydrogen-bond acceptors (Lipinski definition) is 6. The molecule has 36 heavy (non-hydrogen) atoms. The average Bonchev–Trinajstić information content (AvgIpc) is 2.80. The molecule has 0 heterocycles. The second kappa shape index (κ2) is 10.5. The molecule has 3 aromatic rings. The Kier molecular flexibility index (Phi) is 7.84. The van der Waals surface area contributed by atoms with E-state index < -0.39 is 11.9 Å². The first-order valence-corrected chi connectivity index (χ1v) is 11.8. The van der Waals surface area contributed by atoms with Gasteiger partial charge in [0.25, 0.3) is 5.91 Å². The average molecular weight is 508 g/mol. The molecule has 0 aliphatic carbocycles. The molecule has 3 aromatic carbocycles. The molecule has 0 bridgehead atoms. The van der Waals surface area contributed by atoms with E-state index in [-0.39, 0.29) is 22.1 Å². The van der Waals surface area contributed by atoms with Crippen LogP contribution < -0.4 is 5.48 Å². The number of phenolic OH excluding ortho intramolecular Hbond substituents is 1. The highest BCUT2D eigenvalue weighted by atomic mass is 35.5. The number of rotatable bonds is 5. The highest BCUT2D eigenvalue weighted by molar-refractivity contribution is 6.33. The molecular formula is C28H30ClN3O4. The Balaban J connectivity index is 1.73. The number of aromatic hydroxyl groups is 1. The Morgan fingerprint density at radius 3 is 1.97 bits per heavy atom. The number of benzene rings is 3. The van der Waals surface area contributed by atoms with Crippen LogP contribution in [0.3, 0.4) is 0 Å². The van der Waals surface area contributed by atoms with Crippen molar-refractivity contribution >= 4 is 34.9 Å². The zero-order valence-electron chi connectivity index (χ0n) is 21.2. The zero-order valence-corrected chi connectivity index (χ0v) is 22.0. The third-order valence-electron chi connectivity index (χ3n) is 5.45. The summed E-state index contributed by atoms with van der Waals surface area (Å²) < 4.78 is 0. The third-order valence-corrected chi connectivity index (χ3v) is 5.78. The lowest BCUT2D eigenvalue weighted by atomic mass is 9.78. The molecule has 2 N–H and O–H groups in total. The van der Waals surface area contributed by atoms with E-state index in [4.69, 9.17) is 16.4 Å². The number of anilines is 1. The van der Waals surface area contributed by atoms with E-state index in [0.29, 0.717) is 33.1 Å². The number of nitrogens with one attached hydrogen (secondary N) is 1. The van der Waals surface area contributed by atoms with Crippen LogP contribution in [0.25, 0.3) is 0 Å². The van der Waals surface area contributed by atoms with Gasteiger partial charge in [-0.25, -0.2) is 10.3 Å². The van der Waals surface area contributed by atoms with E-state index in [1.54, 1.807) is 60.7 Å². The van der Waals surface area contributed by atoms with Gasteiger partial charge in [0.05, 0.1) is 22.0 Å². The van der Waals surface area contributed by atoms with Crippen molar-refractivity contribution in [1.29, 1.82) is 0 Å². The minimum atomic E-state index is -0.617. The second-order valence-corrected chi connectivity index (χ2v) is 10.9. The van der Waals surface area contributed by atoms with Crippen molar-refractivity contribution in [2.75, 3.05) is 5.48 Å². The maximum Gasteiger partial charge on any atom is 0.364 e. The van der Waals surface area contributed by atoms with Crippen molar-refractivity contribution in [2.24, 2.45) is 10.2 Å². The quantitative estimate of drug-likeness (QED) is 0.271. The minimum Gasteiger partial charge on any atom is -0.507 e. The Morgan fingerprint density at radius 2 is 1.44 bits per heavy atom. The van der Waals surface area contributed by atoms with Crippen LogP contribution in [0.15, 0.2) is 70.9 Å². The zero-order chi connectivity index (χ0) is 26.7. The highest BCUT2D eigenvalue weighted by Crippen LogP contribution is 2.40. The molecule has 7 nitrogen and oxygen atoms in total. The second-order valence-electron chi connectivity index (χ2n) is 10.4. The van der Waals surface area contributed by atoms with Crippen molar-refractivity contribution in [1.82, 2.24) is 0 Å². The van der Waals surface area contributed by atoms with Crippen molar-refractivity contribution < 1.29 is 19.5 Å².